The Hall–Kier alpha value is -2.09. The number of benzene rings is 2. The lowest BCUT2D eigenvalue weighted by Crippen LogP contribution is -2.00. The summed E-state index contributed by atoms with van der Waals surface area (Å²) in [4.78, 5) is 10.9. The van der Waals surface area contributed by atoms with Gasteiger partial charge in [0.25, 0.3) is 0 Å². The molecule has 17 heavy (non-hydrogen) atoms. The maximum Gasteiger partial charge on any atom is 0.150 e. The Morgan fingerprint density at radius 2 is 1.76 bits per heavy atom. The summed E-state index contributed by atoms with van der Waals surface area (Å²) >= 11 is 0. The molecule has 2 aromatic rings. The second-order valence-electron chi connectivity index (χ2n) is 3.87. The van der Waals surface area contributed by atoms with Gasteiger partial charge in [0.1, 0.15) is 18.6 Å². The summed E-state index contributed by atoms with van der Waals surface area (Å²) in [5, 5.41) is 0. The van der Waals surface area contributed by atoms with Crippen LogP contribution in [0.1, 0.15) is 21.5 Å². The van der Waals surface area contributed by atoms with Gasteiger partial charge in [0.05, 0.1) is 0 Å². The number of carbonyl (C=O) groups excluding carboxylic acids is 1. The Labute approximate surface area is 101 Å². The Morgan fingerprint density at radius 3 is 2.53 bits per heavy atom. The van der Waals surface area contributed by atoms with E-state index < -0.39 is 0 Å². The highest BCUT2D eigenvalue weighted by Crippen LogP contribution is 2.18. The van der Waals surface area contributed by atoms with Crippen LogP contribution in [-0.2, 0) is 6.61 Å². The third kappa shape index (κ3) is 2.72. The Morgan fingerprint density at radius 1 is 1.06 bits per heavy atom. The molecule has 0 fully saturated rings. The van der Waals surface area contributed by atoms with Crippen molar-refractivity contribution in [1.29, 1.82) is 0 Å². The third-order valence-corrected chi connectivity index (χ3v) is 2.66. The standard InChI is InChI=1S/C15H14O2/c1-12-6-2-5-9-15(12)17-11-14-8-4-3-7-13(14)10-16/h2-10H,11H2,1H3. The SMILES string of the molecule is Cc1ccccc1OCc1ccccc1C=O. The van der Waals surface area contributed by atoms with E-state index in [4.69, 9.17) is 4.74 Å². The van der Waals surface area contributed by atoms with Crippen LogP contribution in [0, 0.1) is 6.92 Å². The van der Waals surface area contributed by atoms with Crippen LogP contribution in [-0.4, -0.2) is 6.29 Å². The van der Waals surface area contributed by atoms with Crippen LogP contribution in [0.4, 0.5) is 0 Å². The molecule has 2 aromatic carbocycles. The zero-order valence-electron chi connectivity index (χ0n) is 9.72. The van der Waals surface area contributed by atoms with Gasteiger partial charge in [-0.05, 0) is 24.1 Å². The normalized spacial score (nSPS) is 9.94. The topological polar surface area (TPSA) is 26.3 Å². The van der Waals surface area contributed by atoms with Gasteiger partial charge in [-0.3, -0.25) is 4.79 Å². The van der Waals surface area contributed by atoms with E-state index in [0.717, 1.165) is 23.2 Å². The van der Waals surface area contributed by atoms with Gasteiger partial charge in [0, 0.05) is 5.56 Å². The zero-order valence-corrected chi connectivity index (χ0v) is 9.72. The maximum absolute atomic E-state index is 10.9. The largest absolute Gasteiger partial charge is 0.489 e. The highest BCUT2D eigenvalue weighted by atomic mass is 16.5. The Kier molecular flexibility index (Phi) is 3.55. The predicted octanol–water partition coefficient (Wildman–Crippen LogP) is 3.39. The molecule has 0 spiro atoms. The molecule has 0 unspecified atom stereocenters. The summed E-state index contributed by atoms with van der Waals surface area (Å²) in [6.07, 6.45) is 0.858. The van der Waals surface area contributed by atoms with Crippen LogP contribution in [0.15, 0.2) is 48.5 Å². The van der Waals surface area contributed by atoms with Crippen molar-refractivity contribution in [2.24, 2.45) is 0 Å². The van der Waals surface area contributed by atoms with Gasteiger partial charge in [0.2, 0.25) is 0 Å². The molecule has 2 heteroatoms. The van der Waals surface area contributed by atoms with Crippen LogP contribution in [0.3, 0.4) is 0 Å². The summed E-state index contributed by atoms with van der Waals surface area (Å²) in [7, 11) is 0. The smallest absolute Gasteiger partial charge is 0.150 e. The molecule has 0 amide bonds. The lowest BCUT2D eigenvalue weighted by Gasteiger charge is -2.09. The van der Waals surface area contributed by atoms with E-state index in [1.165, 1.54) is 0 Å². The molecule has 0 N–H and O–H groups in total. The van der Waals surface area contributed by atoms with Crippen LogP contribution in [0.25, 0.3) is 0 Å². The number of ether oxygens (including phenoxy) is 1. The molecule has 0 saturated heterocycles. The second-order valence-corrected chi connectivity index (χ2v) is 3.87. The minimum atomic E-state index is 0.416. The van der Waals surface area contributed by atoms with Crippen molar-refractivity contribution in [2.75, 3.05) is 0 Å². The van der Waals surface area contributed by atoms with Crippen LogP contribution in [0.5, 0.6) is 5.75 Å². The second kappa shape index (κ2) is 5.30. The van der Waals surface area contributed by atoms with Crippen LogP contribution < -0.4 is 4.74 Å². The molecule has 0 bridgehead atoms. The summed E-state index contributed by atoms with van der Waals surface area (Å²) in [5.74, 6) is 0.855. The average molecular weight is 226 g/mol. The molecule has 0 aliphatic carbocycles. The quantitative estimate of drug-likeness (QED) is 0.747. The molecular formula is C15H14O2. The molecule has 0 saturated carbocycles. The molecule has 86 valence electrons. The van der Waals surface area contributed by atoms with Crippen molar-refractivity contribution in [3.8, 4) is 5.75 Å². The molecule has 0 atom stereocenters. The number of rotatable bonds is 4. The number of hydrogen-bond acceptors (Lipinski definition) is 2. The van der Waals surface area contributed by atoms with Gasteiger partial charge >= 0.3 is 0 Å². The number of aldehydes is 1. The average Bonchev–Trinajstić information content (AvgIpc) is 2.38. The molecule has 0 radical (unpaired) electrons. The molecular weight excluding hydrogens is 212 g/mol. The maximum atomic E-state index is 10.9. The van der Waals surface area contributed by atoms with E-state index >= 15 is 0 Å². The van der Waals surface area contributed by atoms with Gasteiger partial charge in [-0.15, -0.1) is 0 Å². The molecule has 2 rings (SSSR count). The van der Waals surface area contributed by atoms with Crippen molar-refractivity contribution in [2.45, 2.75) is 13.5 Å². The molecule has 0 heterocycles. The van der Waals surface area contributed by atoms with Crippen molar-refractivity contribution in [3.05, 3.63) is 65.2 Å². The van der Waals surface area contributed by atoms with Gasteiger partial charge in [-0.25, -0.2) is 0 Å². The number of para-hydroxylation sites is 1. The summed E-state index contributed by atoms with van der Waals surface area (Å²) in [5.41, 5.74) is 2.68. The fraction of sp³-hybridized carbons (Fsp3) is 0.133. The van der Waals surface area contributed by atoms with Crippen molar-refractivity contribution in [1.82, 2.24) is 0 Å². The predicted molar refractivity (Wildman–Crippen MR) is 67.3 cm³/mol. The monoisotopic (exact) mass is 226 g/mol. The minimum Gasteiger partial charge on any atom is -0.489 e. The number of hydrogen-bond donors (Lipinski definition) is 0. The first-order valence-electron chi connectivity index (χ1n) is 5.53. The lowest BCUT2D eigenvalue weighted by atomic mass is 10.1. The Balaban J connectivity index is 2.13. The van der Waals surface area contributed by atoms with Gasteiger partial charge in [0.15, 0.2) is 0 Å². The molecule has 0 aromatic heterocycles. The third-order valence-electron chi connectivity index (χ3n) is 2.66. The van der Waals surface area contributed by atoms with E-state index in [2.05, 4.69) is 0 Å². The summed E-state index contributed by atoms with van der Waals surface area (Å²) in [6.45, 7) is 2.42. The van der Waals surface area contributed by atoms with E-state index in [-0.39, 0.29) is 0 Å². The fourth-order valence-electron chi connectivity index (χ4n) is 1.65. The number of carbonyl (C=O) groups is 1. The number of aryl methyl sites for hydroxylation is 1. The highest BCUT2D eigenvalue weighted by molar-refractivity contribution is 5.77. The van der Waals surface area contributed by atoms with Crippen LogP contribution in [0.2, 0.25) is 0 Å². The van der Waals surface area contributed by atoms with Crippen molar-refractivity contribution < 1.29 is 9.53 Å². The molecule has 0 aliphatic heterocycles. The van der Waals surface area contributed by atoms with Gasteiger partial charge in [-0.2, -0.15) is 0 Å². The summed E-state index contributed by atoms with van der Waals surface area (Å²) in [6, 6.07) is 15.3. The van der Waals surface area contributed by atoms with E-state index in [9.17, 15) is 4.79 Å². The Bertz CT molecular complexity index is 518. The fourth-order valence-corrected chi connectivity index (χ4v) is 1.65. The lowest BCUT2D eigenvalue weighted by molar-refractivity contribution is 0.112. The summed E-state index contributed by atoms with van der Waals surface area (Å²) < 4.78 is 5.71. The van der Waals surface area contributed by atoms with Gasteiger partial charge < -0.3 is 4.74 Å². The molecule has 0 aliphatic rings. The van der Waals surface area contributed by atoms with Crippen LogP contribution >= 0.6 is 0 Å². The van der Waals surface area contributed by atoms with E-state index in [1.807, 2.05) is 49.4 Å². The zero-order chi connectivity index (χ0) is 12.1. The molecule has 2 nitrogen and oxygen atoms in total. The van der Waals surface area contributed by atoms with E-state index in [0.29, 0.717) is 12.2 Å². The highest BCUT2D eigenvalue weighted by Gasteiger charge is 2.02. The van der Waals surface area contributed by atoms with Crippen molar-refractivity contribution in [3.63, 3.8) is 0 Å². The minimum absolute atomic E-state index is 0.416. The van der Waals surface area contributed by atoms with E-state index in [1.54, 1.807) is 6.07 Å². The van der Waals surface area contributed by atoms with Crippen molar-refractivity contribution >= 4 is 6.29 Å². The first kappa shape index (κ1) is 11.4. The van der Waals surface area contributed by atoms with Gasteiger partial charge in [-0.1, -0.05) is 42.5 Å². The first-order valence-corrected chi connectivity index (χ1v) is 5.53. The first-order chi connectivity index (χ1) is 8.31.